The van der Waals surface area contributed by atoms with Gasteiger partial charge in [0.25, 0.3) is 0 Å². The Morgan fingerprint density at radius 3 is 1.85 bits per heavy atom. The number of hydrogen-bond donors (Lipinski definition) is 1. The summed E-state index contributed by atoms with van der Waals surface area (Å²) in [6, 6.07) is -1.79. The van der Waals surface area contributed by atoms with Gasteiger partial charge < -0.3 is 5.32 Å². The summed E-state index contributed by atoms with van der Waals surface area (Å²) in [6.07, 6.45) is -4.37. The van der Waals surface area contributed by atoms with Gasteiger partial charge in [-0.15, -0.1) is 0 Å². The minimum absolute atomic E-state index is 0.600. The highest BCUT2D eigenvalue weighted by molar-refractivity contribution is 5.81. The first-order chi connectivity index (χ1) is 5.55. The van der Waals surface area contributed by atoms with E-state index < -0.39 is 23.5 Å². The molecule has 13 heavy (non-hydrogen) atoms. The Labute approximate surface area is 75.5 Å². The van der Waals surface area contributed by atoms with Gasteiger partial charge in [-0.1, -0.05) is 20.8 Å². The minimum Gasteiger partial charge on any atom is -0.344 e. The van der Waals surface area contributed by atoms with E-state index in [0.717, 1.165) is 6.92 Å². The van der Waals surface area contributed by atoms with E-state index in [-0.39, 0.29) is 0 Å². The molecule has 0 aromatic carbocycles. The molecule has 0 spiro atoms. The molecule has 1 amide bonds. The molecular weight excluding hydrogens is 183 g/mol. The third-order valence-corrected chi connectivity index (χ3v) is 1.52. The van der Waals surface area contributed by atoms with Crippen LogP contribution in [0.25, 0.3) is 0 Å². The molecule has 0 unspecified atom stereocenters. The van der Waals surface area contributed by atoms with Crippen molar-refractivity contribution >= 4 is 5.91 Å². The molecule has 0 heterocycles. The summed E-state index contributed by atoms with van der Waals surface area (Å²) in [7, 11) is 0. The number of nitrogens with one attached hydrogen (secondary N) is 1. The number of carbonyl (C=O) groups is 1. The molecule has 0 aliphatic heterocycles. The van der Waals surface area contributed by atoms with Crippen LogP contribution in [0.3, 0.4) is 0 Å². The van der Waals surface area contributed by atoms with E-state index in [9.17, 15) is 18.0 Å². The Morgan fingerprint density at radius 1 is 1.23 bits per heavy atom. The van der Waals surface area contributed by atoms with Crippen molar-refractivity contribution in [3.63, 3.8) is 0 Å². The Morgan fingerprint density at radius 2 is 1.62 bits per heavy atom. The van der Waals surface area contributed by atoms with E-state index in [1.165, 1.54) is 0 Å². The first-order valence-electron chi connectivity index (χ1n) is 3.93. The van der Waals surface area contributed by atoms with Crippen LogP contribution in [0.4, 0.5) is 13.2 Å². The second-order valence-corrected chi connectivity index (χ2v) is 3.99. The van der Waals surface area contributed by atoms with Crippen molar-refractivity contribution in [3.8, 4) is 0 Å². The van der Waals surface area contributed by atoms with Crippen LogP contribution in [0.2, 0.25) is 0 Å². The Balaban J connectivity index is 4.24. The summed E-state index contributed by atoms with van der Waals surface area (Å²) < 4.78 is 35.9. The van der Waals surface area contributed by atoms with Gasteiger partial charge in [-0.3, -0.25) is 4.79 Å². The highest BCUT2D eigenvalue weighted by Gasteiger charge is 2.38. The molecule has 78 valence electrons. The summed E-state index contributed by atoms with van der Waals surface area (Å²) in [5.74, 6) is -0.600. The highest BCUT2D eigenvalue weighted by Crippen LogP contribution is 2.21. The first-order valence-corrected chi connectivity index (χ1v) is 3.93. The van der Waals surface area contributed by atoms with Gasteiger partial charge >= 0.3 is 6.18 Å². The maximum Gasteiger partial charge on any atom is 0.408 e. The van der Waals surface area contributed by atoms with Crippen LogP contribution >= 0.6 is 0 Å². The maximum absolute atomic E-state index is 12.0. The van der Waals surface area contributed by atoms with Gasteiger partial charge in [0.1, 0.15) is 6.04 Å². The molecule has 0 fully saturated rings. The van der Waals surface area contributed by atoms with Crippen molar-refractivity contribution in [1.82, 2.24) is 5.32 Å². The second kappa shape index (κ2) is 3.55. The summed E-state index contributed by atoms with van der Waals surface area (Å²) in [6.45, 7) is 5.60. The fourth-order valence-corrected chi connectivity index (χ4v) is 0.495. The largest absolute Gasteiger partial charge is 0.408 e. The van der Waals surface area contributed by atoms with E-state index in [4.69, 9.17) is 0 Å². The van der Waals surface area contributed by atoms with Crippen molar-refractivity contribution < 1.29 is 18.0 Å². The molecule has 0 aromatic rings. The lowest BCUT2D eigenvalue weighted by molar-refractivity contribution is -0.160. The van der Waals surface area contributed by atoms with E-state index in [2.05, 4.69) is 0 Å². The molecule has 0 aliphatic carbocycles. The maximum atomic E-state index is 12.0. The van der Waals surface area contributed by atoms with Gasteiger partial charge in [-0.05, 0) is 6.92 Å². The predicted molar refractivity (Wildman–Crippen MR) is 43.1 cm³/mol. The standard InChI is InChI=1S/C8H14F3NO/c1-5(8(9,10)11)12-6(13)7(2,3)4/h5H,1-4H3,(H,12,13)/t5-/m0/s1. The van der Waals surface area contributed by atoms with E-state index >= 15 is 0 Å². The quantitative estimate of drug-likeness (QED) is 0.685. The van der Waals surface area contributed by atoms with Crippen LogP contribution in [0.5, 0.6) is 0 Å². The third-order valence-electron chi connectivity index (χ3n) is 1.52. The lowest BCUT2D eigenvalue weighted by atomic mass is 9.95. The van der Waals surface area contributed by atoms with Crippen molar-refractivity contribution in [3.05, 3.63) is 0 Å². The SMILES string of the molecule is C[C@H](NC(=O)C(C)(C)C)C(F)(F)F. The molecule has 0 aromatic heterocycles. The Bertz CT molecular complexity index is 193. The monoisotopic (exact) mass is 197 g/mol. The lowest BCUT2D eigenvalue weighted by Crippen LogP contribution is -2.47. The number of rotatable bonds is 1. The topological polar surface area (TPSA) is 29.1 Å². The van der Waals surface area contributed by atoms with E-state index in [1.54, 1.807) is 20.8 Å². The van der Waals surface area contributed by atoms with Gasteiger partial charge in [0, 0.05) is 5.41 Å². The lowest BCUT2D eigenvalue weighted by Gasteiger charge is -2.23. The fraction of sp³-hybridized carbons (Fsp3) is 0.875. The van der Waals surface area contributed by atoms with Crippen molar-refractivity contribution in [2.24, 2.45) is 5.41 Å². The van der Waals surface area contributed by atoms with Gasteiger partial charge in [0.2, 0.25) is 5.91 Å². The molecule has 1 atom stereocenters. The van der Waals surface area contributed by atoms with Crippen LogP contribution < -0.4 is 5.32 Å². The van der Waals surface area contributed by atoms with Crippen LogP contribution in [0.15, 0.2) is 0 Å². The van der Waals surface area contributed by atoms with Crippen molar-refractivity contribution in [1.29, 1.82) is 0 Å². The molecule has 0 rings (SSSR count). The molecule has 0 radical (unpaired) electrons. The molecule has 1 N–H and O–H groups in total. The molecular formula is C8H14F3NO. The van der Waals surface area contributed by atoms with Crippen LogP contribution in [-0.2, 0) is 4.79 Å². The predicted octanol–water partition coefficient (Wildman–Crippen LogP) is 2.10. The van der Waals surface area contributed by atoms with Crippen LogP contribution in [0.1, 0.15) is 27.7 Å². The average Bonchev–Trinajstić information content (AvgIpc) is 1.82. The highest BCUT2D eigenvalue weighted by atomic mass is 19.4. The third kappa shape index (κ3) is 4.15. The molecule has 0 bridgehead atoms. The smallest absolute Gasteiger partial charge is 0.344 e. The summed E-state index contributed by atoms with van der Waals surface area (Å²) >= 11 is 0. The number of amides is 1. The number of hydrogen-bond acceptors (Lipinski definition) is 1. The molecule has 0 aliphatic rings. The molecule has 5 heteroatoms. The van der Waals surface area contributed by atoms with Crippen molar-refractivity contribution in [2.75, 3.05) is 0 Å². The van der Waals surface area contributed by atoms with E-state index in [1.807, 2.05) is 5.32 Å². The van der Waals surface area contributed by atoms with Crippen molar-refractivity contribution in [2.45, 2.75) is 39.9 Å². The summed E-state index contributed by atoms with van der Waals surface area (Å²) in [5, 5.41) is 1.90. The Kier molecular flexibility index (Phi) is 3.35. The van der Waals surface area contributed by atoms with Gasteiger partial charge in [0.05, 0.1) is 0 Å². The van der Waals surface area contributed by atoms with E-state index in [0.29, 0.717) is 0 Å². The number of alkyl halides is 3. The Hall–Kier alpha value is -0.740. The zero-order valence-electron chi connectivity index (χ0n) is 8.12. The minimum atomic E-state index is -4.37. The average molecular weight is 197 g/mol. The zero-order valence-corrected chi connectivity index (χ0v) is 8.12. The van der Waals surface area contributed by atoms with Gasteiger partial charge in [-0.25, -0.2) is 0 Å². The summed E-state index contributed by atoms with van der Waals surface area (Å²) in [4.78, 5) is 11.1. The number of halogens is 3. The zero-order chi connectivity index (χ0) is 10.9. The van der Waals surface area contributed by atoms with Crippen LogP contribution in [-0.4, -0.2) is 18.1 Å². The first kappa shape index (κ1) is 12.3. The number of carbonyl (C=O) groups excluding carboxylic acids is 1. The normalized spacial score (nSPS) is 15.3. The van der Waals surface area contributed by atoms with Gasteiger partial charge in [-0.2, -0.15) is 13.2 Å². The van der Waals surface area contributed by atoms with Crippen LogP contribution in [0, 0.1) is 5.41 Å². The molecule has 0 saturated carbocycles. The molecule has 0 saturated heterocycles. The van der Waals surface area contributed by atoms with Gasteiger partial charge in [0.15, 0.2) is 0 Å². The summed E-state index contributed by atoms with van der Waals surface area (Å²) in [5.41, 5.74) is -0.792. The molecule has 2 nitrogen and oxygen atoms in total. The fourth-order valence-electron chi connectivity index (χ4n) is 0.495. The second-order valence-electron chi connectivity index (χ2n) is 3.99.